The summed E-state index contributed by atoms with van der Waals surface area (Å²) in [5, 5.41) is 0. The van der Waals surface area contributed by atoms with E-state index in [1.165, 1.54) is 9.80 Å². The standard InChI is InChI=1S/C10H12N4O2/c1-13-6-9(15)14(10(13)16)5-7-2-3-8(11)12-4-7/h2-4H,5-6H2,1H3,(H2,11,12). The molecule has 6 heteroatoms. The van der Waals surface area contributed by atoms with Crippen LogP contribution in [0.5, 0.6) is 0 Å². The maximum Gasteiger partial charge on any atom is 0.327 e. The Hall–Kier alpha value is -2.11. The number of nitrogen functional groups attached to an aromatic ring is 1. The lowest BCUT2D eigenvalue weighted by atomic mass is 10.2. The van der Waals surface area contributed by atoms with Crippen LogP contribution in [0.25, 0.3) is 0 Å². The normalized spacial score (nSPS) is 16.1. The highest BCUT2D eigenvalue weighted by molar-refractivity contribution is 6.01. The van der Waals surface area contributed by atoms with E-state index in [4.69, 9.17) is 5.73 Å². The van der Waals surface area contributed by atoms with Gasteiger partial charge in [-0.15, -0.1) is 0 Å². The highest BCUT2D eigenvalue weighted by atomic mass is 16.2. The summed E-state index contributed by atoms with van der Waals surface area (Å²) in [5.74, 6) is 0.226. The highest BCUT2D eigenvalue weighted by Crippen LogP contribution is 2.13. The van der Waals surface area contributed by atoms with E-state index in [1.807, 2.05) is 0 Å². The molecule has 0 bridgehead atoms. The van der Waals surface area contributed by atoms with Crippen molar-refractivity contribution in [3.63, 3.8) is 0 Å². The fourth-order valence-corrected chi connectivity index (χ4v) is 1.54. The van der Waals surface area contributed by atoms with Crippen molar-refractivity contribution in [3.05, 3.63) is 23.9 Å². The number of nitrogens with two attached hydrogens (primary N) is 1. The third kappa shape index (κ3) is 1.81. The van der Waals surface area contributed by atoms with Crippen molar-refractivity contribution in [2.75, 3.05) is 19.3 Å². The number of hydrogen-bond acceptors (Lipinski definition) is 4. The van der Waals surface area contributed by atoms with Crippen LogP contribution in [0.1, 0.15) is 5.56 Å². The Morgan fingerprint density at radius 1 is 1.44 bits per heavy atom. The van der Waals surface area contributed by atoms with Crippen LogP contribution >= 0.6 is 0 Å². The number of anilines is 1. The zero-order valence-electron chi connectivity index (χ0n) is 8.88. The van der Waals surface area contributed by atoms with Crippen molar-refractivity contribution in [2.24, 2.45) is 0 Å². The van der Waals surface area contributed by atoms with Gasteiger partial charge in [-0.3, -0.25) is 9.69 Å². The average molecular weight is 220 g/mol. The molecule has 0 unspecified atom stereocenters. The predicted molar refractivity (Wildman–Crippen MR) is 57.2 cm³/mol. The van der Waals surface area contributed by atoms with E-state index in [9.17, 15) is 9.59 Å². The van der Waals surface area contributed by atoms with E-state index in [-0.39, 0.29) is 25.0 Å². The smallest absolute Gasteiger partial charge is 0.327 e. The zero-order chi connectivity index (χ0) is 11.7. The van der Waals surface area contributed by atoms with Gasteiger partial charge in [0, 0.05) is 13.2 Å². The molecule has 3 amide bonds. The number of likely N-dealkylation sites (N-methyl/N-ethyl adjacent to an activating group) is 1. The van der Waals surface area contributed by atoms with Crippen LogP contribution in [-0.4, -0.2) is 40.3 Å². The van der Waals surface area contributed by atoms with Crippen molar-refractivity contribution in [1.82, 2.24) is 14.8 Å². The van der Waals surface area contributed by atoms with Gasteiger partial charge >= 0.3 is 6.03 Å². The number of amides is 3. The van der Waals surface area contributed by atoms with Crippen molar-refractivity contribution in [3.8, 4) is 0 Å². The van der Waals surface area contributed by atoms with Crippen LogP contribution in [0, 0.1) is 0 Å². The largest absolute Gasteiger partial charge is 0.384 e. The molecule has 1 fully saturated rings. The maximum absolute atomic E-state index is 11.6. The number of imide groups is 1. The SMILES string of the molecule is CN1CC(=O)N(Cc2ccc(N)nc2)C1=O. The molecule has 2 N–H and O–H groups in total. The van der Waals surface area contributed by atoms with Gasteiger partial charge in [-0.1, -0.05) is 6.07 Å². The summed E-state index contributed by atoms with van der Waals surface area (Å²) in [6.07, 6.45) is 1.56. The van der Waals surface area contributed by atoms with E-state index in [0.717, 1.165) is 5.56 Å². The summed E-state index contributed by atoms with van der Waals surface area (Å²) in [6, 6.07) is 3.12. The minimum atomic E-state index is -0.276. The first-order valence-electron chi connectivity index (χ1n) is 4.84. The Labute approximate surface area is 92.7 Å². The van der Waals surface area contributed by atoms with Gasteiger partial charge in [-0.25, -0.2) is 9.78 Å². The number of hydrogen-bond donors (Lipinski definition) is 1. The summed E-state index contributed by atoms with van der Waals surface area (Å²) in [7, 11) is 1.60. The molecule has 0 saturated carbocycles. The van der Waals surface area contributed by atoms with Gasteiger partial charge in [0.15, 0.2) is 0 Å². The van der Waals surface area contributed by atoms with Gasteiger partial charge in [0.25, 0.3) is 5.91 Å². The van der Waals surface area contributed by atoms with Gasteiger partial charge in [0.05, 0.1) is 6.54 Å². The molecule has 84 valence electrons. The zero-order valence-corrected chi connectivity index (χ0v) is 8.88. The first kappa shape index (κ1) is 10.4. The van der Waals surface area contributed by atoms with Crippen molar-refractivity contribution in [1.29, 1.82) is 0 Å². The molecule has 1 aliphatic heterocycles. The lowest BCUT2D eigenvalue weighted by Crippen LogP contribution is -2.31. The second-order valence-electron chi connectivity index (χ2n) is 3.71. The Morgan fingerprint density at radius 2 is 2.19 bits per heavy atom. The molecule has 0 spiro atoms. The van der Waals surface area contributed by atoms with Crippen molar-refractivity contribution < 1.29 is 9.59 Å². The molecule has 1 aromatic rings. The topological polar surface area (TPSA) is 79.5 Å². The number of aromatic nitrogens is 1. The quantitative estimate of drug-likeness (QED) is 0.714. The van der Waals surface area contributed by atoms with E-state index >= 15 is 0 Å². The number of rotatable bonds is 2. The monoisotopic (exact) mass is 220 g/mol. The molecule has 0 aromatic carbocycles. The fourth-order valence-electron chi connectivity index (χ4n) is 1.54. The van der Waals surface area contributed by atoms with Crippen LogP contribution in [0.2, 0.25) is 0 Å². The second-order valence-corrected chi connectivity index (χ2v) is 3.71. The van der Waals surface area contributed by atoms with Crippen molar-refractivity contribution in [2.45, 2.75) is 6.54 Å². The molecule has 16 heavy (non-hydrogen) atoms. The highest BCUT2D eigenvalue weighted by Gasteiger charge is 2.33. The maximum atomic E-state index is 11.6. The Balaban J connectivity index is 2.13. The summed E-state index contributed by atoms with van der Waals surface area (Å²) in [6.45, 7) is 0.385. The number of urea groups is 1. The number of carbonyl (C=O) groups excluding carboxylic acids is 2. The third-order valence-corrected chi connectivity index (χ3v) is 2.42. The van der Waals surface area contributed by atoms with Gasteiger partial charge in [-0.05, 0) is 11.6 Å². The fraction of sp³-hybridized carbons (Fsp3) is 0.300. The Kier molecular flexibility index (Phi) is 2.47. The minimum Gasteiger partial charge on any atom is -0.384 e. The second kappa shape index (κ2) is 3.80. The summed E-state index contributed by atoms with van der Waals surface area (Å²) in [4.78, 5) is 29.5. The molecule has 0 atom stereocenters. The number of nitrogens with zero attached hydrogens (tertiary/aromatic N) is 3. The molecule has 0 radical (unpaired) electrons. The lowest BCUT2D eigenvalue weighted by Gasteiger charge is -2.13. The first-order chi connectivity index (χ1) is 7.58. The number of carbonyl (C=O) groups is 2. The molecular formula is C10H12N4O2. The van der Waals surface area contributed by atoms with Crippen LogP contribution in [0.4, 0.5) is 10.6 Å². The molecule has 1 aromatic heterocycles. The summed E-state index contributed by atoms with van der Waals surface area (Å²) in [5.41, 5.74) is 6.23. The Bertz CT molecular complexity index is 429. The van der Waals surface area contributed by atoms with Crippen LogP contribution in [0.15, 0.2) is 18.3 Å². The molecule has 1 aliphatic rings. The molecular weight excluding hydrogens is 208 g/mol. The molecule has 0 aliphatic carbocycles. The van der Waals surface area contributed by atoms with Crippen molar-refractivity contribution >= 4 is 17.8 Å². The van der Waals surface area contributed by atoms with E-state index in [0.29, 0.717) is 5.82 Å². The third-order valence-electron chi connectivity index (χ3n) is 2.42. The van der Waals surface area contributed by atoms with Gasteiger partial charge < -0.3 is 10.6 Å². The first-order valence-corrected chi connectivity index (χ1v) is 4.84. The van der Waals surface area contributed by atoms with E-state index < -0.39 is 0 Å². The lowest BCUT2D eigenvalue weighted by molar-refractivity contribution is -0.125. The molecule has 6 nitrogen and oxygen atoms in total. The predicted octanol–water partition coefficient (Wildman–Crippen LogP) is 0.0578. The molecule has 2 heterocycles. The van der Waals surface area contributed by atoms with Crippen LogP contribution in [-0.2, 0) is 11.3 Å². The average Bonchev–Trinajstić information content (AvgIpc) is 2.48. The molecule has 2 rings (SSSR count). The molecule has 1 saturated heterocycles. The Morgan fingerprint density at radius 3 is 2.69 bits per heavy atom. The van der Waals surface area contributed by atoms with E-state index in [1.54, 1.807) is 25.4 Å². The van der Waals surface area contributed by atoms with Gasteiger partial charge in [-0.2, -0.15) is 0 Å². The summed E-state index contributed by atoms with van der Waals surface area (Å²) < 4.78 is 0. The van der Waals surface area contributed by atoms with Gasteiger partial charge in [0.1, 0.15) is 12.4 Å². The van der Waals surface area contributed by atoms with Gasteiger partial charge in [0.2, 0.25) is 0 Å². The van der Waals surface area contributed by atoms with Crippen LogP contribution < -0.4 is 5.73 Å². The summed E-state index contributed by atoms with van der Waals surface area (Å²) >= 11 is 0. The number of pyridine rings is 1. The minimum absolute atomic E-state index is 0.140. The van der Waals surface area contributed by atoms with E-state index in [2.05, 4.69) is 4.98 Å². The van der Waals surface area contributed by atoms with Crippen LogP contribution in [0.3, 0.4) is 0 Å².